The summed E-state index contributed by atoms with van der Waals surface area (Å²) in [6.45, 7) is 0.950. The van der Waals surface area contributed by atoms with Gasteiger partial charge in [0.1, 0.15) is 0 Å². The molecular formula is C12H13N5O3. The monoisotopic (exact) mass is 275 g/mol. The van der Waals surface area contributed by atoms with Gasteiger partial charge >= 0.3 is 5.97 Å². The van der Waals surface area contributed by atoms with Gasteiger partial charge in [0, 0.05) is 17.8 Å². The molecule has 1 amide bonds. The summed E-state index contributed by atoms with van der Waals surface area (Å²) in [6.07, 6.45) is 1.35. The van der Waals surface area contributed by atoms with E-state index in [4.69, 9.17) is 10.8 Å². The molecule has 4 N–H and O–H groups in total. The predicted molar refractivity (Wildman–Crippen MR) is 70.4 cm³/mol. The van der Waals surface area contributed by atoms with Crippen LogP contribution in [-0.2, 0) is 6.54 Å². The maximum Gasteiger partial charge on any atom is 0.358 e. The number of carbonyl (C=O) groups is 2. The third kappa shape index (κ3) is 3.31. The molecule has 0 bridgehead atoms. The number of rotatable bonds is 6. The largest absolute Gasteiger partial charge is 0.476 e. The number of carbonyl (C=O) groups excluding carboxylic acids is 1. The van der Waals surface area contributed by atoms with Crippen LogP contribution < -0.4 is 11.1 Å². The van der Waals surface area contributed by atoms with Crippen molar-refractivity contribution < 1.29 is 14.7 Å². The van der Waals surface area contributed by atoms with Gasteiger partial charge in [-0.05, 0) is 18.2 Å². The summed E-state index contributed by atoms with van der Waals surface area (Å²) in [5, 5.41) is 19.0. The normalized spacial score (nSPS) is 10.2. The number of aromatic carboxylic acids is 1. The molecule has 1 heterocycles. The van der Waals surface area contributed by atoms with Gasteiger partial charge in [-0.15, -0.1) is 5.10 Å². The first-order valence-electron chi connectivity index (χ1n) is 5.83. The molecular weight excluding hydrogens is 262 g/mol. The van der Waals surface area contributed by atoms with Gasteiger partial charge in [0.25, 0.3) is 0 Å². The topological polar surface area (TPSA) is 123 Å². The molecule has 0 aliphatic carbocycles. The van der Waals surface area contributed by atoms with Crippen molar-refractivity contribution in [2.24, 2.45) is 5.73 Å². The lowest BCUT2D eigenvalue weighted by molar-refractivity contribution is 0.0690. The minimum Gasteiger partial charge on any atom is -0.476 e. The lowest BCUT2D eigenvalue weighted by atomic mass is 10.2. The summed E-state index contributed by atoms with van der Waals surface area (Å²) in [6, 6.07) is 6.80. The van der Waals surface area contributed by atoms with Crippen molar-refractivity contribution >= 4 is 17.6 Å². The van der Waals surface area contributed by atoms with Gasteiger partial charge in [0.05, 0.1) is 12.7 Å². The standard InChI is InChI=1S/C12H13N5O3/c13-11(18)8-2-1-3-9(6-8)14-4-5-17-7-10(12(19)20)15-16-17/h1-3,6-7,14H,4-5H2,(H2,13,18)(H,19,20). The zero-order chi connectivity index (χ0) is 14.5. The van der Waals surface area contributed by atoms with Gasteiger partial charge in [-0.1, -0.05) is 11.3 Å². The van der Waals surface area contributed by atoms with E-state index >= 15 is 0 Å². The predicted octanol–water partition coefficient (Wildman–Crippen LogP) is 0.187. The highest BCUT2D eigenvalue weighted by Crippen LogP contribution is 2.09. The van der Waals surface area contributed by atoms with Crippen molar-refractivity contribution in [3.05, 3.63) is 41.7 Å². The van der Waals surface area contributed by atoms with Crippen LogP contribution in [0.15, 0.2) is 30.5 Å². The van der Waals surface area contributed by atoms with Crippen molar-refractivity contribution in [1.82, 2.24) is 15.0 Å². The summed E-state index contributed by atoms with van der Waals surface area (Å²) in [5.74, 6) is -1.60. The van der Waals surface area contributed by atoms with Crippen LogP contribution >= 0.6 is 0 Å². The van der Waals surface area contributed by atoms with Crippen molar-refractivity contribution in [1.29, 1.82) is 0 Å². The first-order chi connectivity index (χ1) is 9.56. The van der Waals surface area contributed by atoms with E-state index in [0.29, 0.717) is 18.7 Å². The van der Waals surface area contributed by atoms with E-state index in [2.05, 4.69) is 15.6 Å². The number of hydrogen-bond acceptors (Lipinski definition) is 5. The average molecular weight is 275 g/mol. The number of primary amides is 1. The molecule has 2 aromatic rings. The van der Waals surface area contributed by atoms with Crippen molar-refractivity contribution in [3.8, 4) is 0 Å². The fraction of sp³-hybridized carbons (Fsp3) is 0.167. The number of nitrogens with zero attached hydrogens (tertiary/aromatic N) is 3. The van der Waals surface area contributed by atoms with Crippen molar-refractivity contribution in [3.63, 3.8) is 0 Å². The van der Waals surface area contributed by atoms with Crippen LogP contribution in [0.25, 0.3) is 0 Å². The van der Waals surface area contributed by atoms with Gasteiger partial charge in [-0.25, -0.2) is 9.48 Å². The van der Waals surface area contributed by atoms with E-state index in [0.717, 1.165) is 5.69 Å². The van der Waals surface area contributed by atoms with Crippen LogP contribution in [0.3, 0.4) is 0 Å². The van der Waals surface area contributed by atoms with Crippen molar-refractivity contribution in [2.45, 2.75) is 6.54 Å². The van der Waals surface area contributed by atoms with Crippen LogP contribution in [0.1, 0.15) is 20.8 Å². The molecule has 0 radical (unpaired) electrons. The van der Waals surface area contributed by atoms with E-state index < -0.39 is 11.9 Å². The molecule has 0 aliphatic heterocycles. The van der Waals surface area contributed by atoms with Crippen LogP contribution in [0.5, 0.6) is 0 Å². The molecule has 20 heavy (non-hydrogen) atoms. The molecule has 8 nitrogen and oxygen atoms in total. The molecule has 0 saturated carbocycles. The molecule has 0 fully saturated rings. The van der Waals surface area contributed by atoms with E-state index in [1.54, 1.807) is 24.3 Å². The third-order valence-corrected chi connectivity index (χ3v) is 2.57. The number of carboxylic acid groups (broad SMARTS) is 1. The minimum atomic E-state index is -1.11. The molecule has 0 spiro atoms. The SMILES string of the molecule is NC(=O)c1cccc(NCCn2cc(C(=O)O)nn2)c1. The second-order valence-electron chi connectivity index (χ2n) is 4.04. The lowest BCUT2D eigenvalue weighted by Crippen LogP contribution is -2.13. The Morgan fingerprint density at radius 1 is 1.40 bits per heavy atom. The van der Waals surface area contributed by atoms with E-state index in [9.17, 15) is 9.59 Å². The first kappa shape index (κ1) is 13.5. The third-order valence-electron chi connectivity index (χ3n) is 2.57. The Balaban J connectivity index is 1.90. The number of hydrogen-bond donors (Lipinski definition) is 3. The van der Waals surface area contributed by atoms with Crippen LogP contribution in [0.4, 0.5) is 5.69 Å². The van der Waals surface area contributed by atoms with E-state index in [1.165, 1.54) is 10.9 Å². The number of anilines is 1. The molecule has 1 aromatic carbocycles. The lowest BCUT2D eigenvalue weighted by Gasteiger charge is -2.06. The van der Waals surface area contributed by atoms with Crippen LogP contribution in [0.2, 0.25) is 0 Å². The number of aromatic nitrogens is 3. The zero-order valence-electron chi connectivity index (χ0n) is 10.5. The smallest absolute Gasteiger partial charge is 0.358 e. The second kappa shape index (κ2) is 5.83. The molecule has 1 aromatic heterocycles. The average Bonchev–Trinajstić information content (AvgIpc) is 2.88. The highest BCUT2D eigenvalue weighted by atomic mass is 16.4. The highest BCUT2D eigenvalue weighted by molar-refractivity contribution is 5.93. The fourth-order valence-electron chi connectivity index (χ4n) is 1.60. The molecule has 0 atom stereocenters. The summed E-state index contributed by atoms with van der Waals surface area (Å²) < 4.78 is 1.42. The number of amides is 1. The second-order valence-corrected chi connectivity index (χ2v) is 4.04. The Bertz CT molecular complexity index is 638. The fourth-order valence-corrected chi connectivity index (χ4v) is 1.60. The summed E-state index contributed by atoms with van der Waals surface area (Å²) in [7, 11) is 0. The maximum atomic E-state index is 11.0. The zero-order valence-corrected chi connectivity index (χ0v) is 10.5. The molecule has 0 aliphatic rings. The first-order valence-corrected chi connectivity index (χ1v) is 5.83. The summed E-state index contributed by atoms with van der Waals surface area (Å²) in [5.41, 5.74) is 6.26. The highest BCUT2D eigenvalue weighted by Gasteiger charge is 2.07. The van der Waals surface area contributed by atoms with Crippen molar-refractivity contribution in [2.75, 3.05) is 11.9 Å². The minimum absolute atomic E-state index is 0.0966. The Labute approximate surface area is 114 Å². The van der Waals surface area contributed by atoms with Gasteiger partial charge < -0.3 is 16.2 Å². The molecule has 0 saturated heterocycles. The summed E-state index contributed by atoms with van der Waals surface area (Å²) >= 11 is 0. The van der Waals surface area contributed by atoms with E-state index in [-0.39, 0.29) is 5.69 Å². The molecule has 8 heteroatoms. The Morgan fingerprint density at radius 3 is 2.85 bits per heavy atom. The number of nitrogens with two attached hydrogens (primary N) is 1. The summed E-state index contributed by atoms with van der Waals surface area (Å²) in [4.78, 5) is 21.7. The van der Waals surface area contributed by atoms with Gasteiger partial charge in [0.2, 0.25) is 5.91 Å². The number of carboxylic acids is 1. The van der Waals surface area contributed by atoms with Gasteiger partial charge in [-0.2, -0.15) is 0 Å². The van der Waals surface area contributed by atoms with Crippen LogP contribution in [-0.4, -0.2) is 38.5 Å². The van der Waals surface area contributed by atoms with Gasteiger partial charge in [-0.3, -0.25) is 4.79 Å². The Hall–Kier alpha value is -2.90. The quantitative estimate of drug-likeness (QED) is 0.691. The van der Waals surface area contributed by atoms with Crippen LogP contribution in [0, 0.1) is 0 Å². The van der Waals surface area contributed by atoms with Gasteiger partial charge in [0.15, 0.2) is 5.69 Å². The van der Waals surface area contributed by atoms with E-state index in [1.807, 2.05) is 0 Å². The maximum absolute atomic E-state index is 11.0. The Kier molecular flexibility index (Phi) is 3.94. The molecule has 2 rings (SSSR count). The molecule has 0 unspecified atom stereocenters. The number of benzene rings is 1. The number of nitrogens with one attached hydrogen (secondary N) is 1. The Morgan fingerprint density at radius 2 is 2.20 bits per heavy atom. The molecule has 104 valence electrons.